The Morgan fingerprint density at radius 1 is 0.909 bits per heavy atom. The first-order valence-corrected chi connectivity index (χ1v) is 9.97. The van der Waals surface area contributed by atoms with Gasteiger partial charge >= 0.3 is 5.97 Å². The third-order valence-electron chi connectivity index (χ3n) is 4.73. The van der Waals surface area contributed by atoms with E-state index in [-0.39, 0.29) is 28.5 Å². The highest BCUT2D eigenvalue weighted by Gasteiger charge is 2.22. The van der Waals surface area contributed by atoms with E-state index in [4.69, 9.17) is 18.6 Å². The van der Waals surface area contributed by atoms with Gasteiger partial charge in [-0.15, -0.1) is 0 Å². The standard InChI is InChI=1S/C24H24N2O7/c1-14-7-8-17(15(2)10-14)25-22(27)13-33-24(29)16-11-20(30-3)21(31-4)12-18(16)26-23(28)19-6-5-9-32-19/h5-12H,13H2,1-4H3,(H,25,27)(H,26,28). The number of esters is 1. The van der Waals surface area contributed by atoms with Crippen molar-refractivity contribution in [3.63, 3.8) is 0 Å². The number of hydrogen-bond acceptors (Lipinski definition) is 7. The summed E-state index contributed by atoms with van der Waals surface area (Å²) in [5.41, 5.74) is 2.66. The number of carbonyl (C=O) groups excluding carboxylic acids is 3. The molecule has 3 rings (SSSR count). The van der Waals surface area contributed by atoms with Gasteiger partial charge in [-0.2, -0.15) is 0 Å². The van der Waals surface area contributed by atoms with Gasteiger partial charge in [-0.25, -0.2) is 4.79 Å². The van der Waals surface area contributed by atoms with E-state index in [0.29, 0.717) is 5.69 Å². The fraction of sp³-hybridized carbons (Fsp3) is 0.208. The molecule has 0 bridgehead atoms. The molecule has 0 radical (unpaired) electrons. The van der Waals surface area contributed by atoms with Crippen molar-refractivity contribution in [3.05, 3.63) is 71.2 Å². The summed E-state index contributed by atoms with van der Waals surface area (Å²) in [7, 11) is 2.83. The molecule has 0 fully saturated rings. The molecule has 0 unspecified atom stereocenters. The van der Waals surface area contributed by atoms with Gasteiger partial charge in [0.2, 0.25) is 0 Å². The number of furan rings is 1. The molecule has 0 atom stereocenters. The Kier molecular flexibility index (Phi) is 7.34. The summed E-state index contributed by atoms with van der Waals surface area (Å²) < 4.78 is 20.8. The summed E-state index contributed by atoms with van der Waals surface area (Å²) in [5.74, 6) is -1.32. The average Bonchev–Trinajstić information content (AvgIpc) is 3.34. The summed E-state index contributed by atoms with van der Waals surface area (Å²) in [4.78, 5) is 37.5. The zero-order valence-electron chi connectivity index (χ0n) is 18.7. The molecule has 1 heterocycles. The van der Waals surface area contributed by atoms with Crippen LogP contribution in [0.4, 0.5) is 11.4 Å². The Hall–Kier alpha value is -4.27. The number of nitrogens with one attached hydrogen (secondary N) is 2. The first-order valence-electron chi connectivity index (χ1n) is 9.97. The number of amides is 2. The van der Waals surface area contributed by atoms with E-state index in [1.807, 2.05) is 26.0 Å². The van der Waals surface area contributed by atoms with Crippen molar-refractivity contribution in [2.75, 3.05) is 31.5 Å². The van der Waals surface area contributed by atoms with Crippen molar-refractivity contribution < 1.29 is 33.0 Å². The lowest BCUT2D eigenvalue weighted by molar-refractivity contribution is -0.119. The number of carbonyl (C=O) groups is 3. The van der Waals surface area contributed by atoms with Crippen molar-refractivity contribution >= 4 is 29.2 Å². The Morgan fingerprint density at radius 2 is 1.64 bits per heavy atom. The van der Waals surface area contributed by atoms with E-state index in [1.165, 1.54) is 38.7 Å². The van der Waals surface area contributed by atoms with E-state index in [9.17, 15) is 14.4 Å². The number of methoxy groups -OCH3 is 2. The quantitative estimate of drug-likeness (QED) is 0.497. The molecular weight excluding hydrogens is 428 g/mol. The van der Waals surface area contributed by atoms with Crippen molar-refractivity contribution in [1.82, 2.24) is 0 Å². The van der Waals surface area contributed by atoms with Crippen LogP contribution in [0, 0.1) is 13.8 Å². The zero-order valence-corrected chi connectivity index (χ0v) is 18.7. The Bertz CT molecular complexity index is 1170. The summed E-state index contributed by atoms with van der Waals surface area (Å²) in [6.45, 7) is 3.30. The maximum atomic E-state index is 12.8. The van der Waals surface area contributed by atoms with Gasteiger partial charge in [0.15, 0.2) is 23.9 Å². The Labute approximate surface area is 190 Å². The van der Waals surface area contributed by atoms with E-state index in [2.05, 4.69) is 10.6 Å². The van der Waals surface area contributed by atoms with Gasteiger partial charge in [-0.1, -0.05) is 17.7 Å². The minimum Gasteiger partial charge on any atom is -0.493 e. The van der Waals surface area contributed by atoms with Gasteiger partial charge in [0.1, 0.15) is 0 Å². The smallest absolute Gasteiger partial charge is 0.340 e. The summed E-state index contributed by atoms with van der Waals surface area (Å²) >= 11 is 0. The number of anilines is 2. The second-order valence-corrected chi connectivity index (χ2v) is 7.13. The molecule has 1 aromatic heterocycles. The lowest BCUT2D eigenvalue weighted by Crippen LogP contribution is -2.22. The predicted octanol–water partition coefficient (Wildman–Crippen LogP) is 3.96. The third kappa shape index (κ3) is 5.70. The highest BCUT2D eigenvalue weighted by molar-refractivity contribution is 6.07. The average molecular weight is 452 g/mol. The van der Waals surface area contributed by atoms with Crippen LogP contribution in [0.1, 0.15) is 32.0 Å². The van der Waals surface area contributed by atoms with Crippen molar-refractivity contribution in [2.45, 2.75) is 13.8 Å². The molecule has 0 aliphatic carbocycles. The molecule has 2 aromatic carbocycles. The van der Waals surface area contributed by atoms with Gasteiger partial charge in [0.25, 0.3) is 11.8 Å². The number of benzene rings is 2. The summed E-state index contributed by atoms with van der Waals surface area (Å²) in [5, 5.41) is 5.30. The zero-order chi connectivity index (χ0) is 24.0. The molecule has 33 heavy (non-hydrogen) atoms. The largest absolute Gasteiger partial charge is 0.493 e. The third-order valence-corrected chi connectivity index (χ3v) is 4.73. The minimum atomic E-state index is -0.832. The van der Waals surface area contributed by atoms with Crippen LogP contribution < -0.4 is 20.1 Å². The normalized spacial score (nSPS) is 10.3. The van der Waals surface area contributed by atoms with Crippen molar-refractivity contribution in [3.8, 4) is 11.5 Å². The van der Waals surface area contributed by atoms with Gasteiger partial charge in [0.05, 0.1) is 31.7 Å². The van der Waals surface area contributed by atoms with Gasteiger partial charge in [-0.05, 0) is 37.6 Å². The predicted molar refractivity (Wildman–Crippen MR) is 121 cm³/mol. The molecular formula is C24H24N2O7. The van der Waals surface area contributed by atoms with Crippen LogP contribution in [0.5, 0.6) is 11.5 Å². The molecule has 9 nitrogen and oxygen atoms in total. The summed E-state index contributed by atoms with van der Waals surface area (Å²) in [6, 6.07) is 11.4. The van der Waals surface area contributed by atoms with Crippen LogP contribution in [0.25, 0.3) is 0 Å². The lowest BCUT2D eigenvalue weighted by atomic mass is 10.1. The van der Waals surface area contributed by atoms with Crippen molar-refractivity contribution in [1.29, 1.82) is 0 Å². The van der Waals surface area contributed by atoms with E-state index in [0.717, 1.165) is 11.1 Å². The highest BCUT2D eigenvalue weighted by atomic mass is 16.5. The van der Waals surface area contributed by atoms with E-state index < -0.39 is 24.4 Å². The molecule has 0 aliphatic heterocycles. The lowest BCUT2D eigenvalue weighted by Gasteiger charge is -2.15. The second kappa shape index (κ2) is 10.4. The first kappa shape index (κ1) is 23.4. The Morgan fingerprint density at radius 3 is 2.27 bits per heavy atom. The van der Waals surface area contributed by atoms with Crippen LogP contribution in [0.3, 0.4) is 0 Å². The van der Waals surface area contributed by atoms with Crippen molar-refractivity contribution in [2.24, 2.45) is 0 Å². The Balaban J connectivity index is 1.77. The fourth-order valence-corrected chi connectivity index (χ4v) is 3.09. The molecule has 2 amide bonds. The van der Waals surface area contributed by atoms with Crippen LogP contribution >= 0.6 is 0 Å². The molecule has 3 aromatic rings. The van der Waals surface area contributed by atoms with Crippen LogP contribution in [-0.2, 0) is 9.53 Å². The van der Waals surface area contributed by atoms with E-state index >= 15 is 0 Å². The molecule has 172 valence electrons. The number of ether oxygens (including phenoxy) is 3. The van der Waals surface area contributed by atoms with Gasteiger partial charge < -0.3 is 29.3 Å². The number of rotatable bonds is 8. The highest BCUT2D eigenvalue weighted by Crippen LogP contribution is 2.34. The van der Waals surface area contributed by atoms with Gasteiger partial charge in [-0.3, -0.25) is 9.59 Å². The van der Waals surface area contributed by atoms with E-state index in [1.54, 1.807) is 12.1 Å². The van der Waals surface area contributed by atoms with Crippen LogP contribution in [0.2, 0.25) is 0 Å². The first-order chi connectivity index (χ1) is 15.8. The van der Waals surface area contributed by atoms with Crippen LogP contribution in [0.15, 0.2) is 53.1 Å². The molecule has 2 N–H and O–H groups in total. The number of hydrogen-bond donors (Lipinski definition) is 2. The number of aryl methyl sites for hydroxylation is 2. The summed E-state index contributed by atoms with van der Waals surface area (Å²) in [6.07, 6.45) is 1.35. The SMILES string of the molecule is COc1cc(NC(=O)c2ccco2)c(C(=O)OCC(=O)Nc2ccc(C)cc2C)cc1OC. The monoisotopic (exact) mass is 452 g/mol. The molecule has 0 spiro atoms. The second-order valence-electron chi connectivity index (χ2n) is 7.13. The fourth-order valence-electron chi connectivity index (χ4n) is 3.09. The molecule has 9 heteroatoms. The maximum absolute atomic E-state index is 12.8. The maximum Gasteiger partial charge on any atom is 0.340 e. The topological polar surface area (TPSA) is 116 Å². The molecule has 0 aliphatic rings. The van der Waals surface area contributed by atoms with Crippen LogP contribution in [-0.4, -0.2) is 38.6 Å². The van der Waals surface area contributed by atoms with Gasteiger partial charge in [0, 0.05) is 17.8 Å². The molecule has 0 saturated heterocycles. The molecule has 0 saturated carbocycles. The minimum absolute atomic E-state index is 0.0214.